The lowest BCUT2D eigenvalue weighted by Crippen LogP contribution is -1.89. The van der Waals surface area contributed by atoms with Gasteiger partial charge in [0, 0.05) is 0 Å². The Balaban J connectivity index is 0.000000110. The standard InChI is InChI=1S/C4H6.C2H7N/c1-4-2-3-4;1-3-2/h2H,3H2,1H3;3H,1-2H3. The average Bonchev–Trinajstić information content (AvgIpc) is 2.25. The van der Waals surface area contributed by atoms with Crippen molar-refractivity contribution < 1.29 is 0 Å². The normalized spacial score (nSPS) is 13.9. The summed E-state index contributed by atoms with van der Waals surface area (Å²) < 4.78 is 0. The molecule has 42 valence electrons. The van der Waals surface area contributed by atoms with Crippen molar-refractivity contribution in [2.45, 2.75) is 13.3 Å². The van der Waals surface area contributed by atoms with E-state index in [2.05, 4.69) is 18.3 Å². The first-order valence-corrected chi connectivity index (χ1v) is 2.55. The van der Waals surface area contributed by atoms with E-state index in [1.807, 2.05) is 14.1 Å². The van der Waals surface area contributed by atoms with Crippen LogP contribution in [0.5, 0.6) is 0 Å². The van der Waals surface area contributed by atoms with E-state index in [4.69, 9.17) is 0 Å². The molecule has 1 N–H and O–H groups in total. The van der Waals surface area contributed by atoms with E-state index in [1.165, 1.54) is 6.42 Å². The SMILES string of the molecule is CC1=CC1.CNC. The molecule has 0 amide bonds. The van der Waals surface area contributed by atoms with E-state index in [-0.39, 0.29) is 0 Å². The minimum atomic E-state index is 1.28. The summed E-state index contributed by atoms with van der Waals surface area (Å²) in [4.78, 5) is 0. The van der Waals surface area contributed by atoms with Gasteiger partial charge in [0.15, 0.2) is 0 Å². The molecular formula is C6H13N. The Morgan fingerprint density at radius 1 is 1.57 bits per heavy atom. The molecule has 0 aliphatic heterocycles. The Morgan fingerprint density at radius 3 is 1.71 bits per heavy atom. The quantitative estimate of drug-likeness (QED) is 0.449. The second kappa shape index (κ2) is 3.88. The first-order valence-electron chi connectivity index (χ1n) is 2.55. The number of hydrogen-bond acceptors (Lipinski definition) is 1. The molecule has 0 aromatic heterocycles. The minimum Gasteiger partial charge on any atom is -0.323 e. The van der Waals surface area contributed by atoms with Crippen LogP contribution in [0.2, 0.25) is 0 Å². The zero-order valence-corrected chi connectivity index (χ0v) is 5.28. The van der Waals surface area contributed by atoms with Crippen molar-refractivity contribution >= 4 is 0 Å². The maximum Gasteiger partial charge on any atom is -0.0139 e. The van der Waals surface area contributed by atoms with Crippen LogP contribution in [0, 0.1) is 0 Å². The zero-order chi connectivity index (χ0) is 5.70. The van der Waals surface area contributed by atoms with Crippen molar-refractivity contribution in [3.05, 3.63) is 11.6 Å². The molecule has 1 heteroatoms. The van der Waals surface area contributed by atoms with Crippen LogP contribution >= 0.6 is 0 Å². The monoisotopic (exact) mass is 99.1 g/mol. The van der Waals surface area contributed by atoms with Crippen molar-refractivity contribution in [1.82, 2.24) is 5.32 Å². The van der Waals surface area contributed by atoms with Crippen LogP contribution < -0.4 is 5.32 Å². The highest BCUT2D eigenvalue weighted by Gasteiger charge is 1.94. The molecule has 1 aliphatic carbocycles. The van der Waals surface area contributed by atoms with Crippen molar-refractivity contribution in [2.24, 2.45) is 0 Å². The van der Waals surface area contributed by atoms with Gasteiger partial charge in [0.05, 0.1) is 0 Å². The van der Waals surface area contributed by atoms with Crippen LogP contribution in [-0.4, -0.2) is 14.1 Å². The van der Waals surface area contributed by atoms with Gasteiger partial charge in [-0.3, -0.25) is 0 Å². The first kappa shape index (κ1) is 6.70. The highest BCUT2D eigenvalue weighted by molar-refractivity contribution is 5.17. The number of hydrogen-bond donors (Lipinski definition) is 1. The van der Waals surface area contributed by atoms with E-state index < -0.39 is 0 Å². The third-order valence-electron chi connectivity index (χ3n) is 0.612. The summed E-state index contributed by atoms with van der Waals surface area (Å²) in [6.45, 7) is 2.14. The summed E-state index contributed by atoms with van der Waals surface area (Å²) in [5.41, 5.74) is 1.54. The van der Waals surface area contributed by atoms with Gasteiger partial charge in [0.2, 0.25) is 0 Å². The molecule has 1 nitrogen and oxygen atoms in total. The van der Waals surface area contributed by atoms with E-state index in [0.29, 0.717) is 0 Å². The Labute approximate surface area is 45.4 Å². The molecule has 0 atom stereocenters. The molecule has 0 radical (unpaired) electrons. The van der Waals surface area contributed by atoms with E-state index in [1.54, 1.807) is 5.57 Å². The van der Waals surface area contributed by atoms with Gasteiger partial charge in [0.1, 0.15) is 0 Å². The first-order chi connectivity index (χ1) is 3.31. The van der Waals surface area contributed by atoms with Gasteiger partial charge in [-0.15, -0.1) is 0 Å². The highest BCUT2D eigenvalue weighted by Crippen LogP contribution is 2.14. The Morgan fingerprint density at radius 2 is 1.71 bits per heavy atom. The predicted molar refractivity (Wildman–Crippen MR) is 33.4 cm³/mol. The van der Waals surface area contributed by atoms with Crippen LogP contribution in [0.3, 0.4) is 0 Å². The molecule has 0 heterocycles. The molecule has 0 aromatic carbocycles. The molecule has 0 bridgehead atoms. The van der Waals surface area contributed by atoms with Crippen molar-refractivity contribution in [3.8, 4) is 0 Å². The number of nitrogens with one attached hydrogen (secondary N) is 1. The van der Waals surface area contributed by atoms with Gasteiger partial charge in [-0.05, 0) is 27.4 Å². The molecule has 1 rings (SSSR count). The van der Waals surface area contributed by atoms with Crippen molar-refractivity contribution in [1.29, 1.82) is 0 Å². The summed E-state index contributed by atoms with van der Waals surface area (Å²) in [5.74, 6) is 0. The summed E-state index contributed by atoms with van der Waals surface area (Å²) in [6, 6.07) is 0. The molecule has 0 aromatic rings. The van der Waals surface area contributed by atoms with E-state index in [9.17, 15) is 0 Å². The summed E-state index contributed by atoms with van der Waals surface area (Å²) in [7, 11) is 3.75. The summed E-state index contributed by atoms with van der Waals surface area (Å²) >= 11 is 0. The summed E-state index contributed by atoms with van der Waals surface area (Å²) in [6.07, 6.45) is 3.49. The number of allylic oxidation sites excluding steroid dienone is 2. The fourth-order valence-electron chi connectivity index (χ4n) is 0.102. The third-order valence-corrected chi connectivity index (χ3v) is 0.612. The third kappa shape index (κ3) is 10.7. The maximum absolute atomic E-state index is 2.75. The zero-order valence-electron chi connectivity index (χ0n) is 5.28. The van der Waals surface area contributed by atoms with Crippen LogP contribution in [-0.2, 0) is 0 Å². The summed E-state index contributed by atoms with van der Waals surface area (Å²) in [5, 5.41) is 2.75. The average molecular weight is 99.2 g/mol. The molecule has 0 spiro atoms. The predicted octanol–water partition coefficient (Wildman–Crippen LogP) is 1.17. The lowest BCUT2D eigenvalue weighted by molar-refractivity contribution is 1.02. The van der Waals surface area contributed by atoms with Gasteiger partial charge in [-0.1, -0.05) is 11.6 Å². The lowest BCUT2D eigenvalue weighted by Gasteiger charge is -1.59. The molecule has 0 unspecified atom stereocenters. The maximum atomic E-state index is 2.75. The molecule has 0 saturated carbocycles. The van der Waals surface area contributed by atoms with Crippen molar-refractivity contribution in [2.75, 3.05) is 14.1 Å². The van der Waals surface area contributed by atoms with Gasteiger partial charge < -0.3 is 5.32 Å². The van der Waals surface area contributed by atoms with Crippen LogP contribution in [0.15, 0.2) is 11.6 Å². The second-order valence-electron chi connectivity index (χ2n) is 1.75. The molecule has 7 heavy (non-hydrogen) atoms. The lowest BCUT2D eigenvalue weighted by atomic mass is 10.6. The second-order valence-corrected chi connectivity index (χ2v) is 1.75. The fraction of sp³-hybridized carbons (Fsp3) is 0.667. The van der Waals surface area contributed by atoms with Crippen LogP contribution in [0.1, 0.15) is 13.3 Å². The van der Waals surface area contributed by atoms with Crippen LogP contribution in [0.4, 0.5) is 0 Å². The van der Waals surface area contributed by atoms with Gasteiger partial charge in [0.25, 0.3) is 0 Å². The Hall–Kier alpha value is -0.300. The molecular weight excluding hydrogens is 86.1 g/mol. The highest BCUT2D eigenvalue weighted by atomic mass is 14.7. The number of rotatable bonds is 0. The Bertz CT molecular complexity index is 64.6. The largest absolute Gasteiger partial charge is 0.323 e. The fourth-order valence-corrected chi connectivity index (χ4v) is 0.102. The minimum absolute atomic E-state index is 1.28. The topological polar surface area (TPSA) is 12.0 Å². The molecule has 1 aliphatic rings. The van der Waals surface area contributed by atoms with Gasteiger partial charge in [-0.25, -0.2) is 0 Å². The Kier molecular flexibility index (Phi) is 3.71. The van der Waals surface area contributed by atoms with E-state index >= 15 is 0 Å². The molecule has 0 saturated heterocycles. The van der Waals surface area contributed by atoms with Gasteiger partial charge >= 0.3 is 0 Å². The van der Waals surface area contributed by atoms with Gasteiger partial charge in [-0.2, -0.15) is 0 Å². The molecule has 0 fully saturated rings. The smallest absolute Gasteiger partial charge is 0.0139 e. The van der Waals surface area contributed by atoms with Crippen LogP contribution in [0.25, 0.3) is 0 Å². The van der Waals surface area contributed by atoms with Crippen molar-refractivity contribution in [3.63, 3.8) is 0 Å². The van der Waals surface area contributed by atoms with E-state index in [0.717, 1.165) is 0 Å².